The van der Waals surface area contributed by atoms with Crippen molar-refractivity contribution in [3.63, 3.8) is 0 Å². The molecule has 3 aromatic rings. The molecule has 9 heteroatoms. The van der Waals surface area contributed by atoms with Crippen LogP contribution < -0.4 is 5.32 Å². The number of aliphatic hydroxyl groups excluding tert-OH is 1. The molecule has 130 valence electrons. The van der Waals surface area contributed by atoms with Gasteiger partial charge in [0.25, 0.3) is 5.91 Å². The second-order valence-electron chi connectivity index (χ2n) is 5.28. The van der Waals surface area contributed by atoms with Crippen molar-refractivity contribution in [2.45, 2.75) is 19.2 Å². The summed E-state index contributed by atoms with van der Waals surface area (Å²) in [6, 6.07) is 6.77. The average molecular weight is 364 g/mol. The van der Waals surface area contributed by atoms with Crippen LogP contribution in [0.25, 0.3) is 0 Å². The predicted octanol–water partition coefficient (Wildman–Crippen LogP) is 2.28. The van der Waals surface area contributed by atoms with E-state index in [-0.39, 0.29) is 24.3 Å². The number of carbonyl (C=O) groups excluding carboxylic acids is 1. The van der Waals surface area contributed by atoms with Gasteiger partial charge in [-0.15, -0.1) is 16.4 Å². The van der Waals surface area contributed by atoms with E-state index in [1.807, 2.05) is 11.4 Å². The van der Waals surface area contributed by atoms with Gasteiger partial charge < -0.3 is 10.4 Å². The zero-order chi connectivity index (χ0) is 17.8. The maximum Gasteiger partial charge on any atom is 0.273 e. The van der Waals surface area contributed by atoms with Gasteiger partial charge in [0.1, 0.15) is 17.7 Å². The highest BCUT2D eigenvalue weighted by Gasteiger charge is 2.15. The summed E-state index contributed by atoms with van der Waals surface area (Å²) in [6.45, 7) is 0.0585. The number of nitrogens with zero attached hydrogens (tertiary/aromatic N) is 3. The van der Waals surface area contributed by atoms with Crippen molar-refractivity contribution in [2.24, 2.45) is 0 Å². The van der Waals surface area contributed by atoms with E-state index in [4.69, 9.17) is 0 Å². The summed E-state index contributed by atoms with van der Waals surface area (Å²) < 4.78 is 27.7. The molecule has 0 bridgehead atoms. The number of thiophene rings is 1. The normalized spacial score (nSPS) is 12.1. The number of nitrogens with one attached hydrogen (secondary N) is 1. The first-order valence-electron chi connectivity index (χ1n) is 7.36. The fourth-order valence-corrected chi connectivity index (χ4v) is 2.87. The summed E-state index contributed by atoms with van der Waals surface area (Å²) in [5.74, 6) is -1.96. The minimum atomic E-state index is -0.745. The molecule has 0 saturated heterocycles. The summed E-state index contributed by atoms with van der Waals surface area (Å²) in [7, 11) is 0. The number of aromatic nitrogens is 3. The molecule has 0 radical (unpaired) electrons. The SMILES string of the molecule is O=C(NCc1ccc(F)cc1F)c1cn(CC(O)c2cccs2)nn1. The molecule has 25 heavy (non-hydrogen) atoms. The minimum Gasteiger partial charge on any atom is -0.386 e. The third-order valence-electron chi connectivity index (χ3n) is 3.46. The molecule has 0 aliphatic heterocycles. The number of hydrogen-bond acceptors (Lipinski definition) is 5. The molecular formula is C16H14F2N4O2S. The number of benzene rings is 1. The van der Waals surface area contributed by atoms with Gasteiger partial charge in [0.15, 0.2) is 5.69 Å². The largest absolute Gasteiger partial charge is 0.386 e. The van der Waals surface area contributed by atoms with Crippen LogP contribution in [0.2, 0.25) is 0 Å². The van der Waals surface area contributed by atoms with Crippen molar-refractivity contribution >= 4 is 17.2 Å². The number of halogens is 2. The van der Waals surface area contributed by atoms with E-state index in [0.717, 1.165) is 17.0 Å². The Balaban J connectivity index is 1.59. The smallest absolute Gasteiger partial charge is 0.273 e. The molecule has 2 aromatic heterocycles. The Morgan fingerprint density at radius 3 is 2.92 bits per heavy atom. The lowest BCUT2D eigenvalue weighted by Gasteiger charge is -2.07. The van der Waals surface area contributed by atoms with Gasteiger partial charge in [-0.05, 0) is 17.5 Å². The molecule has 1 atom stereocenters. The number of carbonyl (C=O) groups is 1. The lowest BCUT2D eigenvalue weighted by atomic mass is 10.2. The van der Waals surface area contributed by atoms with Gasteiger partial charge in [-0.25, -0.2) is 13.5 Å². The molecule has 2 N–H and O–H groups in total. The van der Waals surface area contributed by atoms with Gasteiger partial charge in [-0.1, -0.05) is 17.3 Å². The highest BCUT2D eigenvalue weighted by Crippen LogP contribution is 2.20. The Kier molecular flexibility index (Phi) is 5.15. The van der Waals surface area contributed by atoms with Crippen molar-refractivity contribution < 1.29 is 18.7 Å². The number of hydrogen-bond donors (Lipinski definition) is 2. The molecule has 0 spiro atoms. The zero-order valence-corrected chi connectivity index (χ0v) is 13.7. The van der Waals surface area contributed by atoms with Crippen LogP contribution in [0.4, 0.5) is 8.78 Å². The van der Waals surface area contributed by atoms with Crippen LogP contribution in [0.5, 0.6) is 0 Å². The highest BCUT2D eigenvalue weighted by atomic mass is 32.1. The maximum absolute atomic E-state index is 13.5. The summed E-state index contributed by atoms with van der Waals surface area (Å²) in [5, 5.41) is 21.9. The third kappa shape index (κ3) is 4.25. The Morgan fingerprint density at radius 1 is 1.36 bits per heavy atom. The number of rotatable bonds is 6. The van der Waals surface area contributed by atoms with Crippen LogP contribution in [0, 0.1) is 11.6 Å². The zero-order valence-electron chi connectivity index (χ0n) is 12.9. The molecule has 6 nitrogen and oxygen atoms in total. The first-order chi connectivity index (χ1) is 12.0. The van der Waals surface area contributed by atoms with E-state index >= 15 is 0 Å². The molecule has 0 aliphatic carbocycles. The van der Waals surface area contributed by atoms with Gasteiger partial charge in [-0.2, -0.15) is 0 Å². The lowest BCUT2D eigenvalue weighted by molar-refractivity contribution is 0.0945. The summed E-state index contributed by atoms with van der Waals surface area (Å²) in [6.07, 6.45) is 0.651. The van der Waals surface area contributed by atoms with Gasteiger partial charge in [0.05, 0.1) is 12.7 Å². The molecule has 0 saturated carbocycles. The quantitative estimate of drug-likeness (QED) is 0.703. The summed E-state index contributed by atoms with van der Waals surface area (Å²) in [4.78, 5) is 12.8. The number of aliphatic hydroxyl groups is 1. The molecule has 0 fully saturated rings. The Morgan fingerprint density at radius 2 is 2.20 bits per heavy atom. The van der Waals surface area contributed by atoms with Crippen molar-refractivity contribution in [1.29, 1.82) is 0 Å². The molecule has 1 aromatic carbocycles. The van der Waals surface area contributed by atoms with E-state index in [1.165, 1.54) is 28.3 Å². The van der Waals surface area contributed by atoms with Crippen molar-refractivity contribution in [2.75, 3.05) is 0 Å². The first-order valence-corrected chi connectivity index (χ1v) is 8.24. The Bertz CT molecular complexity index is 867. The summed E-state index contributed by atoms with van der Waals surface area (Å²) >= 11 is 1.42. The molecule has 0 aliphatic rings. The first kappa shape index (κ1) is 17.2. The van der Waals surface area contributed by atoms with Gasteiger partial charge in [-0.3, -0.25) is 4.79 Å². The Hall–Kier alpha value is -2.65. The van der Waals surface area contributed by atoms with E-state index in [0.29, 0.717) is 0 Å². The average Bonchev–Trinajstić information content (AvgIpc) is 3.25. The third-order valence-corrected chi connectivity index (χ3v) is 4.43. The van der Waals surface area contributed by atoms with E-state index < -0.39 is 23.6 Å². The molecular weight excluding hydrogens is 350 g/mol. The molecule has 1 unspecified atom stereocenters. The van der Waals surface area contributed by atoms with Crippen LogP contribution in [-0.4, -0.2) is 26.0 Å². The van der Waals surface area contributed by atoms with Crippen molar-refractivity contribution in [1.82, 2.24) is 20.3 Å². The maximum atomic E-state index is 13.5. The van der Waals surface area contributed by atoms with Crippen molar-refractivity contribution in [3.05, 3.63) is 69.7 Å². The van der Waals surface area contributed by atoms with Crippen LogP contribution in [-0.2, 0) is 13.1 Å². The van der Waals surface area contributed by atoms with Crippen molar-refractivity contribution in [3.8, 4) is 0 Å². The highest BCUT2D eigenvalue weighted by molar-refractivity contribution is 7.10. The van der Waals surface area contributed by atoms with E-state index in [9.17, 15) is 18.7 Å². The predicted molar refractivity (Wildman–Crippen MR) is 86.8 cm³/mol. The topological polar surface area (TPSA) is 80.0 Å². The van der Waals surface area contributed by atoms with Crippen LogP contribution in [0.1, 0.15) is 27.0 Å². The molecule has 2 heterocycles. The Labute approximate surface area is 145 Å². The minimum absolute atomic E-state index is 0.0425. The summed E-state index contributed by atoms with van der Waals surface area (Å²) in [5.41, 5.74) is 0.205. The van der Waals surface area contributed by atoms with Crippen LogP contribution in [0.3, 0.4) is 0 Å². The molecule has 1 amide bonds. The van der Waals surface area contributed by atoms with Gasteiger partial charge >= 0.3 is 0 Å². The van der Waals surface area contributed by atoms with Gasteiger partial charge in [0, 0.05) is 23.1 Å². The van der Waals surface area contributed by atoms with Crippen LogP contribution >= 0.6 is 11.3 Å². The second-order valence-corrected chi connectivity index (χ2v) is 6.25. The van der Waals surface area contributed by atoms with Crippen LogP contribution in [0.15, 0.2) is 41.9 Å². The second kappa shape index (κ2) is 7.49. The monoisotopic (exact) mass is 364 g/mol. The standard InChI is InChI=1S/C16H14F2N4O2S/c17-11-4-3-10(12(18)6-11)7-19-16(24)13-8-22(21-20-13)9-14(23)15-2-1-5-25-15/h1-6,8,14,23H,7,9H2,(H,19,24). The number of amides is 1. The lowest BCUT2D eigenvalue weighted by Crippen LogP contribution is -2.23. The van der Waals surface area contributed by atoms with Gasteiger partial charge in [0.2, 0.25) is 0 Å². The fraction of sp³-hybridized carbons (Fsp3) is 0.188. The fourth-order valence-electron chi connectivity index (χ4n) is 2.17. The van der Waals surface area contributed by atoms with E-state index in [2.05, 4.69) is 15.6 Å². The van der Waals surface area contributed by atoms with E-state index in [1.54, 1.807) is 6.07 Å². The molecule has 3 rings (SSSR count).